The van der Waals surface area contributed by atoms with E-state index in [0.717, 1.165) is 43.3 Å². The molecule has 7 nitrogen and oxygen atoms in total. The number of amides is 1. The summed E-state index contributed by atoms with van der Waals surface area (Å²) >= 11 is 7.09. The van der Waals surface area contributed by atoms with E-state index in [9.17, 15) is 4.79 Å². The van der Waals surface area contributed by atoms with E-state index in [1.807, 2.05) is 12.1 Å². The molecule has 1 fully saturated rings. The first-order valence-electron chi connectivity index (χ1n) is 7.90. The fourth-order valence-electron chi connectivity index (χ4n) is 2.21. The molecule has 2 rings (SSSR count). The standard InChI is InChI=1S/C16H21ClN2O5S/c1-22-14-11-13(17)8-7-12(14)10-16-23-19(24-25-16)9-5-3-2-4-6-15(20)18-21/h7-8,10-11,21H,2-6,9H2,1H3,(H,18,20)/b16-10-. The minimum atomic E-state index is -0.352. The van der Waals surface area contributed by atoms with Gasteiger partial charge in [0, 0.05) is 23.1 Å². The molecule has 0 unspecified atom stereocenters. The zero-order chi connectivity index (χ0) is 18.1. The average Bonchev–Trinajstić information content (AvgIpc) is 3.06. The summed E-state index contributed by atoms with van der Waals surface area (Å²) in [6, 6.07) is 5.37. The van der Waals surface area contributed by atoms with Crippen molar-refractivity contribution in [1.82, 2.24) is 10.7 Å². The summed E-state index contributed by atoms with van der Waals surface area (Å²) < 4.78 is 10.7. The van der Waals surface area contributed by atoms with Gasteiger partial charge in [-0.2, -0.15) is 4.28 Å². The van der Waals surface area contributed by atoms with E-state index in [2.05, 4.69) is 0 Å². The third-order valence-electron chi connectivity index (χ3n) is 3.48. The Hall–Kier alpha value is -1.45. The highest BCUT2D eigenvalue weighted by molar-refractivity contribution is 7.98. The SMILES string of the molecule is COc1cc(Cl)ccc1/C=C1/ON(CCCCCCC(=O)NO)OS1. The van der Waals surface area contributed by atoms with E-state index in [-0.39, 0.29) is 5.91 Å². The molecule has 0 bridgehead atoms. The normalized spacial score (nSPS) is 16.0. The highest BCUT2D eigenvalue weighted by atomic mass is 35.5. The molecule has 0 aromatic heterocycles. The highest BCUT2D eigenvalue weighted by Crippen LogP contribution is 2.34. The minimum absolute atomic E-state index is 0.332. The van der Waals surface area contributed by atoms with Crippen LogP contribution in [0.2, 0.25) is 5.02 Å². The Labute approximate surface area is 155 Å². The zero-order valence-corrected chi connectivity index (χ0v) is 15.4. The molecule has 1 amide bonds. The van der Waals surface area contributed by atoms with Gasteiger partial charge in [0.25, 0.3) is 0 Å². The lowest BCUT2D eigenvalue weighted by Crippen LogP contribution is -2.18. The summed E-state index contributed by atoms with van der Waals surface area (Å²) in [6.07, 6.45) is 5.62. The molecule has 0 saturated carbocycles. The van der Waals surface area contributed by atoms with E-state index in [4.69, 9.17) is 30.7 Å². The third-order valence-corrected chi connectivity index (χ3v) is 4.31. The fourth-order valence-corrected chi connectivity index (χ4v) is 2.92. The molecule has 1 aromatic carbocycles. The fraction of sp³-hybridized carbons (Fsp3) is 0.438. The number of hydroxylamine groups is 3. The van der Waals surface area contributed by atoms with Crippen molar-refractivity contribution in [3.05, 3.63) is 33.9 Å². The summed E-state index contributed by atoms with van der Waals surface area (Å²) in [4.78, 5) is 16.5. The van der Waals surface area contributed by atoms with Crippen molar-refractivity contribution in [3.8, 4) is 5.75 Å². The van der Waals surface area contributed by atoms with Gasteiger partial charge in [-0.05, 0) is 36.3 Å². The summed E-state index contributed by atoms with van der Waals surface area (Å²) in [5, 5.41) is 11.0. The number of halogens is 1. The van der Waals surface area contributed by atoms with Gasteiger partial charge in [0.05, 0.1) is 25.7 Å². The molecule has 25 heavy (non-hydrogen) atoms. The van der Waals surface area contributed by atoms with Crippen LogP contribution in [0.1, 0.15) is 37.7 Å². The maximum Gasteiger partial charge on any atom is 0.243 e. The van der Waals surface area contributed by atoms with Gasteiger partial charge in [0.15, 0.2) is 0 Å². The Morgan fingerprint density at radius 2 is 2.20 bits per heavy atom. The summed E-state index contributed by atoms with van der Waals surface area (Å²) in [5.41, 5.74) is 2.47. The molecular weight excluding hydrogens is 368 g/mol. The van der Waals surface area contributed by atoms with Gasteiger partial charge in [-0.3, -0.25) is 10.0 Å². The Balaban J connectivity index is 1.72. The zero-order valence-electron chi connectivity index (χ0n) is 13.9. The van der Waals surface area contributed by atoms with Crippen LogP contribution in [0, 0.1) is 0 Å². The lowest BCUT2D eigenvalue weighted by molar-refractivity contribution is -0.259. The number of hydrogen-bond donors (Lipinski definition) is 2. The molecule has 1 aliphatic heterocycles. The predicted octanol–water partition coefficient (Wildman–Crippen LogP) is 3.93. The molecule has 0 radical (unpaired) electrons. The number of carbonyl (C=O) groups excluding carboxylic acids is 1. The van der Waals surface area contributed by atoms with E-state index < -0.39 is 0 Å². The van der Waals surface area contributed by atoms with Crippen LogP contribution in [-0.2, 0) is 13.9 Å². The first-order valence-corrected chi connectivity index (χ1v) is 9.02. The molecule has 0 atom stereocenters. The van der Waals surface area contributed by atoms with Gasteiger partial charge in [0.1, 0.15) is 5.75 Å². The maximum atomic E-state index is 10.9. The number of nitrogens with one attached hydrogen (secondary N) is 1. The van der Waals surface area contributed by atoms with Gasteiger partial charge in [-0.15, -0.1) is 0 Å². The summed E-state index contributed by atoms with van der Waals surface area (Å²) in [5.74, 6) is 0.310. The van der Waals surface area contributed by atoms with Crippen LogP contribution in [0.15, 0.2) is 23.3 Å². The van der Waals surface area contributed by atoms with Crippen molar-refractivity contribution < 1.29 is 23.9 Å². The van der Waals surface area contributed by atoms with E-state index in [1.54, 1.807) is 24.7 Å². The van der Waals surface area contributed by atoms with Crippen molar-refractivity contribution >= 4 is 35.6 Å². The first-order chi connectivity index (χ1) is 12.1. The number of rotatable bonds is 9. The molecule has 0 aliphatic carbocycles. The molecule has 9 heteroatoms. The molecule has 1 heterocycles. The maximum absolute atomic E-state index is 10.9. The first kappa shape index (κ1) is 19.9. The van der Waals surface area contributed by atoms with E-state index >= 15 is 0 Å². The topological polar surface area (TPSA) is 80.3 Å². The largest absolute Gasteiger partial charge is 0.496 e. The highest BCUT2D eigenvalue weighted by Gasteiger charge is 2.21. The van der Waals surface area contributed by atoms with Crippen molar-refractivity contribution in [2.45, 2.75) is 32.1 Å². The summed E-state index contributed by atoms with van der Waals surface area (Å²) in [7, 11) is 1.59. The second-order valence-corrected chi connectivity index (χ2v) is 6.51. The molecule has 1 saturated heterocycles. The van der Waals surface area contributed by atoms with E-state index in [1.165, 1.54) is 5.23 Å². The number of ether oxygens (including phenoxy) is 1. The lowest BCUT2D eigenvalue weighted by Gasteiger charge is -2.10. The predicted molar refractivity (Wildman–Crippen MR) is 95.5 cm³/mol. The summed E-state index contributed by atoms with van der Waals surface area (Å²) in [6.45, 7) is 0.619. The molecule has 1 aromatic rings. The Morgan fingerprint density at radius 1 is 1.40 bits per heavy atom. The van der Waals surface area contributed by atoms with Gasteiger partial charge in [-0.1, -0.05) is 24.4 Å². The van der Waals surface area contributed by atoms with Crippen LogP contribution in [0.3, 0.4) is 0 Å². The van der Waals surface area contributed by atoms with Crippen LogP contribution >= 0.6 is 23.6 Å². The van der Waals surface area contributed by atoms with Gasteiger partial charge in [-0.25, -0.2) is 5.48 Å². The molecule has 1 aliphatic rings. The number of methoxy groups -OCH3 is 1. The van der Waals surface area contributed by atoms with Crippen molar-refractivity contribution in [3.63, 3.8) is 0 Å². The second-order valence-electron chi connectivity index (χ2n) is 5.35. The minimum Gasteiger partial charge on any atom is -0.496 e. The third kappa shape index (κ3) is 6.75. The van der Waals surface area contributed by atoms with Gasteiger partial charge >= 0.3 is 0 Å². The molecule has 0 spiro atoms. The second kappa shape index (κ2) is 10.5. The lowest BCUT2D eigenvalue weighted by atomic mass is 10.1. The number of unbranched alkanes of at least 4 members (excludes halogenated alkanes) is 3. The average molecular weight is 389 g/mol. The van der Waals surface area contributed by atoms with Crippen LogP contribution in [-0.4, -0.2) is 30.0 Å². The Morgan fingerprint density at radius 3 is 2.96 bits per heavy atom. The van der Waals surface area contributed by atoms with Crippen molar-refractivity contribution in [2.75, 3.05) is 13.7 Å². The Kier molecular flexibility index (Phi) is 8.36. The number of carbonyl (C=O) groups is 1. The number of nitrogens with zero attached hydrogens (tertiary/aromatic N) is 1. The van der Waals surface area contributed by atoms with Crippen molar-refractivity contribution in [1.29, 1.82) is 0 Å². The number of hydrogen-bond acceptors (Lipinski definition) is 7. The Bertz CT molecular complexity index is 614. The van der Waals surface area contributed by atoms with Crippen LogP contribution < -0.4 is 10.2 Å². The van der Waals surface area contributed by atoms with Crippen molar-refractivity contribution in [2.24, 2.45) is 0 Å². The van der Waals surface area contributed by atoms with E-state index in [0.29, 0.717) is 28.8 Å². The quantitative estimate of drug-likeness (QED) is 0.287. The molecule has 138 valence electrons. The van der Waals surface area contributed by atoms with Crippen LogP contribution in [0.4, 0.5) is 0 Å². The van der Waals surface area contributed by atoms with Gasteiger partial charge in [0.2, 0.25) is 11.0 Å². The number of benzene rings is 1. The van der Waals surface area contributed by atoms with Crippen LogP contribution in [0.5, 0.6) is 5.75 Å². The van der Waals surface area contributed by atoms with Crippen LogP contribution in [0.25, 0.3) is 6.08 Å². The molecule has 2 N–H and O–H groups in total. The smallest absolute Gasteiger partial charge is 0.243 e. The van der Waals surface area contributed by atoms with Gasteiger partial charge < -0.3 is 9.57 Å². The molecular formula is C16H21ClN2O5S. The monoisotopic (exact) mass is 388 g/mol.